The normalized spacial score (nSPS) is 23.9. The molecule has 0 amide bonds. The fourth-order valence-corrected chi connectivity index (χ4v) is 2.82. The predicted molar refractivity (Wildman–Crippen MR) is 75.1 cm³/mol. The van der Waals surface area contributed by atoms with Crippen LogP contribution in [0.15, 0.2) is 16.6 Å². The number of hydrogen-bond acceptors (Lipinski definition) is 3. The van der Waals surface area contributed by atoms with Gasteiger partial charge in [-0.25, -0.2) is 0 Å². The number of nitrogens with two attached hydrogens (primary N) is 1. The highest BCUT2D eigenvalue weighted by molar-refractivity contribution is 9.10. The van der Waals surface area contributed by atoms with Gasteiger partial charge in [0.25, 0.3) is 0 Å². The van der Waals surface area contributed by atoms with Gasteiger partial charge in [-0.3, -0.25) is 0 Å². The molecule has 0 aromatic heterocycles. The second-order valence-electron chi connectivity index (χ2n) is 4.90. The zero-order chi connectivity index (χ0) is 12.4. The van der Waals surface area contributed by atoms with Crippen molar-refractivity contribution in [3.05, 3.63) is 22.2 Å². The van der Waals surface area contributed by atoms with E-state index in [-0.39, 0.29) is 6.10 Å². The molecule has 0 spiro atoms. The molecule has 0 aliphatic heterocycles. The van der Waals surface area contributed by atoms with Crippen molar-refractivity contribution in [3.8, 4) is 0 Å². The molecule has 94 valence electrons. The van der Waals surface area contributed by atoms with Crippen LogP contribution in [0.3, 0.4) is 0 Å². The van der Waals surface area contributed by atoms with Crippen LogP contribution in [0.25, 0.3) is 0 Å². The van der Waals surface area contributed by atoms with Crippen molar-refractivity contribution in [3.63, 3.8) is 0 Å². The van der Waals surface area contributed by atoms with E-state index >= 15 is 0 Å². The maximum atomic E-state index is 9.48. The van der Waals surface area contributed by atoms with Crippen molar-refractivity contribution in [1.29, 1.82) is 0 Å². The van der Waals surface area contributed by atoms with Gasteiger partial charge in [0.1, 0.15) is 0 Å². The average molecular weight is 299 g/mol. The smallest absolute Gasteiger partial charge is 0.0543 e. The first-order valence-electron chi connectivity index (χ1n) is 6.04. The van der Waals surface area contributed by atoms with Crippen LogP contribution >= 0.6 is 15.9 Å². The second kappa shape index (κ2) is 5.27. The van der Waals surface area contributed by atoms with E-state index in [9.17, 15) is 5.11 Å². The molecule has 2 atom stereocenters. The molecule has 1 aromatic rings. The molecule has 1 saturated carbocycles. The van der Waals surface area contributed by atoms with E-state index in [2.05, 4.69) is 27.3 Å². The monoisotopic (exact) mass is 298 g/mol. The third-order valence-electron chi connectivity index (χ3n) is 3.45. The van der Waals surface area contributed by atoms with Crippen LogP contribution in [0.4, 0.5) is 11.4 Å². The van der Waals surface area contributed by atoms with Crippen molar-refractivity contribution >= 4 is 27.3 Å². The van der Waals surface area contributed by atoms with Crippen molar-refractivity contribution in [2.24, 2.45) is 5.92 Å². The van der Waals surface area contributed by atoms with Gasteiger partial charge in [-0.1, -0.05) is 0 Å². The Hall–Kier alpha value is -0.740. The zero-order valence-electron chi connectivity index (χ0n) is 10.0. The highest BCUT2D eigenvalue weighted by atomic mass is 79.9. The molecule has 1 aliphatic rings. The van der Waals surface area contributed by atoms with E-state index < -0.39 is 0 Å². The van der Waals surface area contributed by atoms with Crippen LogP contribution in [0.5, 0.6) is 0 Å². The summed E-state index contributed by atoms with van der Waals surface area (Å²) >= 11 is 3.51. The zero-order valence-corrected chi connectivity index (χ0v) is 11.6. The lowest BCUT2D eigenvalue weighted by Gasteiger charge is -2.14. The van der Waals surface area contributed by atoms with Crippen LogP contribution in [0, 0.1) is 12.8 Å². The maximum Gasteiger partial charge on any atom is 0.0543 e. The van der Waals surface area contributed by atoms with Crippen LogP contribution in [-0.2, 0) is 0 Å². The van der Waals surface area contributed by atoms with Crippen molar-refractivity contribution in [1.82, 2.24) is 0 Å². The second-order valence-corrected chi connectivity index (χ2v) is 5.76. The first kappa shape index (κ1) is 12.7. The molecule has 4 heteroatoms. The van der Waals surface area contributed by atoms with Gasteiger partial charge in [0.15, 0.2) is 0 Å². The van der Waals surface area contributed by atoms with E-state index in [1.807, 2.05) is 13.0 Å². The first-order valence-corrected chi connectivity index (χ1v) is 6.83. The van der Waals surface area contributed by atoms with Crippen LogP contribution in [-0.4, -0.2) is 17.8 Å². The highest BCUT2D eigenvalue weighted by Crippen LogP contribution is 2.30. The van der Waals surface area contributed by atoms with Crippen molar-refractivity contribution in [2.45, 2.75) is 32.3 Å². The summed E-state index contributed by atoms with van der Waals surface area (Å²) < 4.78 is 0.999. The summed E-state index contributed by atoms with van der Waals surface area (Å²) in [6.45, 7) is 2.92. The Kier molecular flexibility index (Phi) is 3.94. The molecule has 3 nitrogen and oxygen atoms in total. The minimum Gasteiger partial charge on any atom is -0.398 e. The summed E-state index contributed by atoms with van der Waals surface area (Å²) in [6, 6.07) is 3.99. The molecule has 0 saturated heterocycles. The number of anilines is 2. The molecule has 17 heavy (non-hydrogen) atoms. The summed E-state index contributed by atoms with van der Waals surface area (Å²) in [4.78, 5) is 0. The van der Waals surface area contributed by atoms with Crippen molar-refractivity contribution < 1.29 is 5.11 Å². The topological polar surface area (TPSA) is 58.3 Å². The highest BCUT2D eigenvalue weighted by Gasteiger charge is 2.22. The molecule has 0 radical (unpaired) electrons. The minimum absolute atomic E-state index is 0.0987. The fraction of sp³-hybridized carbons (Fsp3) is 0.538. The maximum absolute atomic E-state index is 9.48. The quantitative estimate of drug-likeness (QED) is 0.752. The molecule has 2 rings (SSSR count). The molecule has 1 aliphatic carbocycles. The lowest BCUT2D eigenvalue weighted by atomic mass is 10.1. The number of nitrogen functional groups attached to an aromatic ring is 1. The molecule has 0 bridgehead atoms. The number of hydrogen-bond donors (Lipinski definition) is 3. The summed E-state index contributed by atoms with van der Waals surface area (Å²) in [7, 11) is 0. The predicted octanol–water partition coefficient (Wildman–Crippen LogP) is 2.91. The van der Waals surface area contributed by atoms with E-state index in [4.69, 9.17) is 5.73 Å². The Morgan fingerprint density at radius 3 is 2.88 bits per heavy atom. The van der Waals surface area contributed by atoms with Gasteiger partial charge in [-0.05, 0) is 65.7 Å². The van der Waals surface area contributed by atoms with Gasteiger partial charge in [0.05, 0.1) is 6.10 Å². The molecule has 4 N–H and O–H groups in total. The lowest BCUT2D eigenvalue weighted by Crippen LogP contribution is -2.13. The number of nitrogens with one attached hydrogen (secondary N) is 1. The van der Waals surface area contributed by atoms with Gasteiger partial charge in [-0.2, -0.15) is 0 Å². The Morgan fingerprint density at radius 1 is 1.47 bits per heavy atom. The Morgan fingerprint density at radius 2 is 2.24 bits per heavy atom. The number of rotatable bonds is 3. The SMILES string of the molecule is Cc1cc(NCC2CCC(O)C2)c(Br)cc1N. The first-order chi connectivity index (χ1) is 8.06. The third-order valence-corrected chi connectivity index (χ3v) is 4.11. The van der Waals surface area contributed by atoms with E-state index in [1.54, 1.807) is 0 Å². The minimum atomic E-state index is -0.0987. The molecule has 2 unspecified atom stereocenters. The van der Waals surface area contributed by atoms with Crippen LogP contribution < -0.4 is 11.1 Å². The van der Waals surface area contributed by atoms with Gasteiger partial charge < -0.3 is 16.2 Å². The fourth-order valence-electron chi connectivity index (χ4n) is 2.32. The number of benzene rings is 1. The summed E-state index contributed by atoms with van der Waals surface area (Å²) in [5.74, 6) is 0.578. The van der Waals surface area contributed by atoms with Crippen LogP contribution in [0.1, 0.15) is 24.8 Å². The number of aliphatic hydroxyl groups is 1. The summed E-state index contributed by atoms with van der Waals surface area (Å²) in [6.07, 6.45) is 2.87. The third kappa shape index (κ3) is 3.13. The molecular formula is C13H19BrN2O. The van der Waals surface area contributed by atoms with Crippen molar-refractivity contribution in [2.75, 3.05) is 17.6 Å². The van der Waals surface area contributed by atoms with Gasteiger partial charge in [0, 0.05) is 22.4 Å². The standard InChI is InChI=1S/C13H19BrN2O/c1-8-4-13(11(14)6-12(8)15)16-7-9-2-3-10(17)5-9/h4,6,9-10,16-17H,2-3,5,7,15H2,1H3. The van der Waals surface area contributed by atoms with Gasteiger partial charge >= 0.3 is 0 Å². The largest absolute Gasteiger partial charge is 0.398 e. The summed E-state index contributed by atoms with van der Waals surface area (Å²) in [5.41, 5.74) is 8.81. The summed E-state index contributed by atoms with van der Waals surface area (Å²) in [5, 5.41) is 12.9. The number of halogens is 1. The molecule has 1 aromatic carbocycles. The Bertz CT molecular complexity index is 409. The number of aryl methyl sites for hydroxylation is 1. The van der Waals surface area contributed by atoms with Gasteiger partial charge in [-0.15, -0.1) is 0 Å². The van der Waals surface area contributed by atoms with E-state index in [1.165, 1.54) is 0 Å². The average Bonchev–Trinajstić information content (AvgIpc) is 2.68. The molecule has 1 fully saturated rings. The molecule has 0 heterocycles. The van der Waals surface area contributed by atoms with Crippen LogP contribution in [0.2, 0.25) is 0 Å². The van der Waals surface area contributed by atoms with E-state index in [0.29, 0.717) is 5.92 Å². The Balaban J connectivity index is 1.97. The Labute approximate surface area is 111 Å². The number of aliphatic hydroxyl groups excluding tert-OH is 1. The molecular weight excluding hydrogens is 280 g/mol. The lowest BCUT2D eigenvalue weighted by molar-refractivity contribution is 0.178. The van der Waals surface area contributed by atoms with E-state index in [0.717, 1.165) is 47.2 Å². The van der Waals surface area contributed by atoms with Gasteiger partial charge in [0.2, 0.25) is 0 Å².